The van der Waals surface area contributed by atoms with E-state index in [1.54, 1.807) is 17.1 Å². The van der Waals surface area contributed by atoms with Crippen LogP contribution in [0.3, 0.4) is 0 Å². The summed E-state index contributed by atoms with van der Waals surface area (Å²) in [5.41, 5.74) is 2.76. The van der Waals surface area contributed by atoms with Gasteiger partial charge in [-0.2, -0.15) is 15.1 Å². The summed E-state index contributed by atoms with van der Waals surface area (Å²) in [6.45, 7) is 1.76. The van der Waals surface area contributed by atoms with Gasteiger partial charge in [-0.25, -0.2) is 9.67 Å². The maximum absolute atomic E-state index is 4.76. The van der Waals surface area contributed by atoms with Crippen LogP contribution in [0.4, 0.5) is 16.8 Å². The van der Waals surface area contributed by atoms with E-state index in [2.05, 4.69) is 49.5 Å². The molecular weight excluding hydrogens is 358 g/mol. The van der Waals surface area contributed by atoms with Gasteiger partial charge in [0.25, 0.3) is 5.95 Å². The van der Waals surface area contributed by atoms with Crippen molar-refractivity contribution in [2.24, 2.45) is 0 Å². The molecule has 4 heterocycles. The van der Waals surface area contributed by atoms with Crippen LogP contribution in [-0.4, -0.2) is 31.3 Å². The summed E-state index contributed by atoms with van der Waals surface area (Å²) in [6.07, 6.45) is 6.34. The van der Waals surface area contributed by atoms with Gasteiger partial charge in [-0.05, 0) is 23.6 Å². The Kier molecular flexibility index (Phi) is 4.02. The average molecular weight is 375 g/mol. The first kappa shape index (κ1) is 16.0. The molecule has 0 bridgehead atoms. The average Bonchev–Trinajstić information content (AvgIpc) is 3.41. The largest absolute Gasteiger partial charge is 0.352 e. The summed E-state index contributed by atoms with van der Waals surface area (Å²) in [7, 11) is 0. The fraction of sp³-hybridized carbons (Fsp3) is 0.158. The lowest BCUT2D eigenvalue weighted by Gasteiger charge is -2.30. The van der Waals surface area contributed by atoms with E-state index in [0.29, 0.717) is 11.8 Å². The molecule has 1 aliphatic rings. The van der Waals surface area contributed by atoms with Crippen LogP contribution >= 0.6 is 11.3 Å². The second-order valence-corrected chi connectivity index (χ2v) is 7.16. The molecule has 7 nitrogen and oxygen atoms in total. The number of nitrogens with zero attached hydrogens (tertiary/aromatic N) is 6. The second-order valence-electron chi connectivity index (χ2n) is 6.26. The van der Waals surface area contributed by atoms with Gasteiger partial charge in [0.1, 0.15) is 11.6 Å². The molecule has 1 aliphatic heterocycles. The minimum Gasteiger partial charge on any atom is -0.352 e. The highest BCUT2D eigenvalue weighted by molar-refractivity contribution is 7.13. The maximum atomic E-state index is 4.76. The maximum Gasteiger partial charge on any atom is 0.254 e. The number of aromatic nitrogens is 5. The van der Waals surface area contributed by atoms with Crippen LogP contribution in [0.2, 0.25) is 0 Å². The summed E-state index contributed by atoms with van der Waals surface area (Å²) in [5, 5.41) is 10.3. The third-order valence-electron chi connectivity index (χ3n) is 4.53. The lowest BCUT2D eigenvalue weighted by Crippen LogP contribution is -2.31. The lowest BCUT2D eigenvalue weighted by atomic mass is 10.00. The molecule has 0 atom stereocenters. The molecule has 0 aliphatic carbocycles. The Morgan fingerprint density at radius 2 is 1.96 bits per heavy atom. The van der Waals surface area contributed by atoms with Crippen molar-refractivity contribution in [3.8, 4) is 5.95 Å². The number of fused-ring (bicyclic) bond motifs is 1. The fourth-order valence-corrected chi connectivity index (χ4v) is 3.76. The van der Waals surface area contributed by atoms with Crippen molar-refractivity contribution in [3.05, 3.63) is 71.5 Å². The summed E-state index contributed by atoms with van der Waals surface area (Å²) in [6, 6.07) is 12.4. The Morgan fingerprint density at radius 3 is 2.78 bits per heavy atom. The molecule has 8 heteroatoms. The monoisotopic (exact) mass is 375 g/mol. The molecule has 4 aromatic rings. The minimum absolute atomic E-state index is 0.537. The van der Waals surface area contributed by atoms with Crippen LogP contribution in [0.15, 0.2) is 60.4 Å². The van der Waals surface area contributed by atoms with Crippen molar-refractivity contribution in [1.82, 2.24) is 24.7 Å². The van der Waals surface area contributed by atoms with Gasteiger partial charge in [0.15, 0.2) is 5.13 Å². The van der Waals surface area contributed by atoms with E-state index in [1.807, 2.05) is 23.7 Å². The summed E-state index contributed by atoms with van der Waals surface area (Å²) in [4.78, 5) is 15.9. The number of hydrogen-bond acceptors (Lipinski definition) is 7. The first-order valence-electron chi connectivity index (χ1n) is 8.72. The summed E-state index contributed by atoms with van der Waals surface area (Å²) < 4.78 is 1.68. The highest BCUT2D eigenvalue weighted by Crippen LogP contribution is 2.26. The zero-order chi connectivity index (χ0) is 18.1. The van der Waals surface area contributed by atoms with Crippen LogP contribution in [0, 0.1) is 0 Å². The van der Waals surface area contributed by atoms with E-state index >= 15 is 0 Å². The molecule has 0 saturated heterocycles. The Labute approximate surface area is 160 Å². The van der Waals surface area contributed by atoms with Crippen molar-refractivity contribution >= 4 is 28.1 Å². The molecule has 0 spiro atoms. The van der Waals surface area contributed by atoms with Gasteiger partial charge in [0, 0.05) is 43.1 Å². The van der Waals surface area contributed by atoms with Gasteiger partial charge >= 0.3 is 0 Å². The van der Waals surface area contributed by atoms with E-state index < -0.39 is 0 Å². The minimum atomic E-state index is 0.537. The molecule has 0 unspecified atom stereocenters. The topological polar surface area (TPSA) is 71.8 Å². The molecule has 0 amide bonds. The van der Waals surface area contributed by atoms with Crippen molar-refractivity contribution in [2.75, 3.05) is 16.8 Å². The van der Waals surface area contributed by atoms with Crippen LogP contribution in [-0.2, 0) is 13.0 Å². The van der Waals surface area contributed by atoms with E-state index in [4.69, 9.17) is 4.98 Å². The Morgan fingerprint density at radius 1 is 1.04 bits per heavy atom. The molecular formula is C19H17N7S. The number of rotatable bonds is 4. The number of nitrogens with one attached hydrogen (secondary N) is 1. The van der Waals surface area contributed by atoms with Crippen LogP contribution in [0.5, 0.6) is 0 Å². The lowest BCUT2D eigenvalue weighted by molar-refractivity contribution is 0.711. The fourth-order valence-electron chi connectivity index (χ4n) is 3.22. The number of anilines is 3. The smallest absolute Gasteiger partial charge is 0.254 e. The van der Waals surface area contributed by atoms with Crippen molar-refractivity contribution in [1.29, 1.82) is 0 Å². The zero-order valence-corrected chi connectivity index (χ0v) is 15.3. The van der Waals surface area contributed by atoms with E-state index in [0.717, 1.165) is 30.5 Å². The standard InChI is InChI=1S/C19H17N7S/c1-2-5-15-13-25(10-6-14(15)4-1)17-12-16(23-19-20-8-11-27-19)22-18(24-17)26-9-3-7-21-26/h1-5,7-9,11-12H,6,10,13H2,(H,20,22,23,24). The predicted molar refractivity (Wildman–Crippen MR) is 106 cm³/mol. The first-order chi connectivity index (χ1) is 13.3. The van der Waals surface area contributed by atoms with Gasteiger partial charge in [-0.1, -0.05) is 24.3 Å². The Bertz CT molecular complexity index is 1040. The highest BCUT2D eigenvalue weighted by atomic mass is 32.1. The normalized spacial score (nSPS) is 13.4. The molecule has 134 valence electrons. The third-order valence-corrected chi connectivity index (χ3v) is 5.22. The highest BCUT2D eigenvalue weighted by Gasteiger charge is 2.19. The van der Waals surface area contributed by atoms with E-state index in [-0.39, 0.29) is 0 Å². The summed E-state index contributed by atoms with van der Waals surface area (Å²) >= 11 is 1.53. The van der Waals surface area contributed by atoms with E-state index in [9.17, 15) is 0 Å². The van der Waals surface area contributed by atoms with Gasteiger partial charge in [0.2, 0.25) is 0 Å². The Balaban J connectivity index is 1.52. The van der Waals surface area contributed by atoms with Crippen molar-refractivity contribution in [2.45, 2.75) is 13.0 Å². The van der Waals surface area contributed by atoms with Gasteiger partial charge in [-0.15, -0.1) is 11.3 Å². The van der Waals surface area contributed by atoms with Crippen molar-refractivity contribution in [3.63, 3.8) is 0 Å². The predicted octanol–water partition coefficient (Wildman–Crippen LogP) is 3.43. The molecule has 27 heavy (non-hydrogen) atoms. The molecule has 1 aromatic carbocycles. The van der Waals surface area contributed by atoms with Gasteiger partial charge < -0.3 is 10.2 Å². The van der Waals surface area contributed by atoms with Gasteiger partial charge in [-0.3, -0.25) is 0 Å². The van der Waals surface area contributed by atoms with Gasteiger partial charge in [0.05, 0.1) is 0 Å². The summed E-state index contributed by atoms with van der Waals surface area (Å²) in [5.74, 6) is 2.12. The van der Waals surface area contributed by atoms with Crippen LogP contribution < -0.4 is 10.2 Å². The first-order valence-corrected chi connectivity index (χ1v) is 9.60. The molecule has 3 aromatic heterocycles. The van der Waals surface area contributed by atoms with Crippen LogP contribution in [0.25, 0.3) is 5.95 Å². The third kappa shape index (κ3) is 3.26. The molecule has 0 fully saturated rings. The number of hydrogen-bond donors (Lipinski definition) is 1. The zero-order valence-electron chi connectivity index (χ0n) is 14.5. The molecule has 0 saturated carbocycles. The second kappa shape index (κ2) is 6.81. The molecule has 1 N–H and O–H groups in total. The Hall–Kier alpha value is -3.26. The molecule has 5 rings (SSSR count). The molecule has 0 radical (unpaired) electrons. The van der Waals surface area contributed by atoms with E-state index in [1.165, 1.54) is 22.5 Å². The van der Waals surface area contributed by atoms with Crippen LogP contribution in [0.1, 0.15) is 11.1 Å². The SMILES string of the molecule is c1ccc2c(c1)CCN(c1cc(Nc3nccs3)nc(-n3cccn3)n1)C2. The van der Waals surface area contributed by atoms with Crippen molar-refractivity contribution < 1.29 is 0 Å². The quantitative estimate of drug-likeness (QED) is 0.589. The number of thiazole rings is 1. The number of benzene rings is 1.